The predicted octanol–water partition coefficient (Wildman–Crippen LogP) is 3.09. The highest BCUT2D eigenvalue weighted by Crippen LogP contribution is 2.18. The third kappa shape index (κ3) is 2.43. The molecule has 1 heterocycles. The van der Waals surface area contributed by atoms with Gasteiger partial charge < -0.3 is 4.57 Å². The average Bonchev–Trinajstić information content (AvgIpc) is 2.75. The van der Waals surface area contributed by atoms with E-state index in [1.807, 2.05) is 42.7 Å². The Bertz CT molecular complexity index is 647. The van der Waals surface area contributed by atoms with Crippen molar-refractivity contribution in [1.82, 2.24) is 4.57 Å². The van der Waals surface area contributed by atoms with Gasteiger partial charge in [0.05, 0.1) is 17.3 Å². The van der Waals surface area contributed by atoms with Gasteiger partial charge in [0.15, 0.2) is 6.29 Å². The van der Waals surface area contributed by atoms with Gasteiger partial charge in [-0.05, 0) is 36.6 Å². The summed E-state index contributed by atoms with van der Waals surface area (Å²) in [6.07, 6.45) is 1.74. The summed E-state index contributed by atoms with van der Waals surface area (Å²) in [5.41, 5.74) is 4.42. The van der Waals surface area contributed by atoms with Crippen LogP contribution in [0.1, 0.15) is 39.8 Å². The predicted molar refractivity (Wildman–Crippen MR) is 74.2 cm³/mol. The number of aldehydes is 1. The molecule has 0 amide bonds. The van der Waals surface area contributed by atoms with Crippen LogP contribution in [0.5, 0.6) is 0 Å². The maximum absolute atomic E-state index is 11.3. The van der Waals surface area contributed by atoms with Gasteiger partial charge in [-0.1, -0.05) is 25.1 Å². The van der Waals surface area contributed by atoms with Crippen molar-refractivity contribution in [1.29, 1.82) is 5.26 Å². The van der Waals surface area contributed by atoms with Crippen LogP contribution in [-0.4, -0.2) is 10.9 Å². The normalized spacial score (nSPS) is 10.2. The second kappa shape index (κ2) is 5.53. The lowest BCUT2D eigenvalue weighted by Gasteiger charge is -2.10. The molecule has 19 heavy (non-hydrogen) atoms. The Balaban J connectivity index is 2.47. The van der Waals surface area contributed by atoms with E-state index >= 15 is 0 Å². The molecule has 0 atom stereocenters. The number of nitrogens with zero attached hydrogens (tertiary/aromatic N) is 2. The van der Waals surface area contributed by atoms with E-state index in [0.717, 1.165) is 29.5 Å². The van der Waals surface area contributed by atoms with Gasteiger partial charge in [-0.2, -0.15) is 5.26 Å². The first kappa shape index (κ1) is 13.1. The fourth-order valence-electron chi connectivity index (χ4n) is 2.34. The minimum atomic E-state index is 0.559. The standard InChI is InChI=1S/C16H16N2O/c1-3-13-8-12(2)18(16(13)11-19)10-15-7-5-4-6-14(15)9-17/h4-8,11H,3,10H2,1-2H3. The van der Waals surface area contributed by atoms with Crippen LogP contribution in [0.2, 0.25) is 0 Å². The molecular formula is C16H16N2O. The van der Waals surface area contributed by atoms with Crippen molar-refractivity contribution < 1.29 is 4.79 Å². The fraction of sp³-hybridized carbons (Fsp3) is 0.250. The maximum Gasteiger partial charge on any atom is 0.166 e. The molecule has 0 fully saturated rings. The highest BCUT2D eigenvalue weighted by molar-refractivity contribution is 5.75. The fourth-order valence-corrected chi connectivity index (χ4v) is 2.34. The van der Waals surface area contributed by atoms with E-state index < -0.39 is 0 Å². The van der Waals surface area contributed by atoms with Gasteiger partial charge in [-0.3, -0.25) is 4.79 Å². The van der Waals surface area contributed by atoms with E-state index in [2.05, 4.69) is 6.07 Å². The van der Waals surface area contributed by atoms with Gasteiger partial charge in [0.1, 0.15) is 0 Å². The van der Waals surface area contributed by atoms with Gasteiger partial charge in [0.2, 0.25) is 0 Å². The summed E-state index contributed by atoms with van der Waals surface area (Å²) < 4.78 is 1.97. The molecule has 0 spiro atoms. The first-order valence-corrected chi connectivity index (χ1v) is 6.33. The van der Waals surface area contributed by atoms with Crippen molar-refractivity contribution in [3.63, 3.8) is 0 Å². The Morgan fingerprint density at radius 2 is 2.05 bits per heavy atom. The number of aryl methyl sites for hydroxylation is 2. The highest BCUT2D eigenvalue weighted by Gasteiger charge is 2.12. The van der Waals surface area contributed by atoms with Gasteiger partial charge in [-0.15, -0.1) is 0 Å². The molecule has 2 aromatic rings. The Labute approximate surface area is 113 Å². The van der Waals surface area contributed by atoms with Gasteiger partial charge in [-0.25, -0.2) is 0 Å². The molecule has 1 aromatic heterocycles. The van der Waals surface area contributed by atoms with E-state index in [1.54, 1.807) is 6.07 Å². The van der Waals surface area contributed by atoms with Crippen molar-refractivity contribution in [2.45, 2.75) is 26.8 Å². The molecular weight excluding hydrogens is 236 g/mol. The van der Waals surface area contributed by atoms with Gasteiger partial charge >= 0.3 is 0 Å². The van der Waals surface area contributed by atoms with E-state index in [-0.39, 0.29) is 0 Å². The largest absolute Gasteiger partial charge is 0.338 e. The highest BCUT2D eigenvalue weighted by atomic mass is 16.1. The van der Waals surface area contributed by atoms with Crippen LogP contribution < -0.4 is 0 Å². The summed E-state index contributed by atoms with van der Waals surface area (Å²) in [7, 11) is 0. The molecule has 1 aromatic carbocycles. The number of hydrogen-bond donors (Lipinski definition) is 0. The van der Waals surface area contributed by atoms with E-state index in [4.69, 9.17) is 5.26 Å². The zero-order valence-corrected chi connectivity index (χ0v) is 11.2. The maximum atomic E-state index is 11.3. The molecule has 0 saturated heterocycles. The van der Waals surface area contributed by atoms with Gasteiger partial charge in [0, 0.05) is 12.2 Å². The third-order valence-corrected chi connectivity index (χ3v) is 3.39. The Morgan fingerprint density at radius 1 is 1.32 bits per heavy atom. The first-order chi connectivity index (χ1) is 9.21. The number of nitriles is 1. The van der Waals surface area contributed by atoms with Crippen LogP contribution in [0.4, 0.5) is 0 Å². The van der Waals surface area contributed by atoms with E-state index in [9.17, 15) is 4.79 Å². The molecule has 0 N–H and O–H groups in total. The zero-order chi connectivity index (χ0) is 13.8. The molecule has 3 nitrogen and oxygen atoms in total. The molecule has 0 saturated carbocycles. The number of hydrogen-bond acceptors (Lipinski definition) is 2. The number of benzene rings is 1. The Kier molecular flexibility index (Phi) is 3.82. The zero-order valence-electron chi connectivity index (χ0n) is 11.2. The van der Waals surface area contributed by atoms with Gasteiger partial charge in [0.25, 0.3) is 0 Å². The van der Waals surface area contributed by atoms with Crippen LogP contribution in [0.15, 0.2) is 30.3 Å². The Hall–Kier alpha value is -2.34. The van der Waals surface area contributed by atoms with Crippen LogP contribution in [-0.2, 0) is 13.0 Å². The average molecular weight is 252 g/mol. The summed E-state index contributed by atoms with van der Waals surface area (Å²) >= 11 is 0. The van der Waals surface area contributed by atoms with Crippen molar-refractivity contribution in [3.8, 4) is 6.07 Å². The first-order valence-electron chi connectivity index (χ1n) is 6.33. The second-order valence-electron chi connectivity index (χ2n) is 4.52. The molecule has 0 aliphatic carbocycles. The van der Waals surface area contributed by atoms with E-state index in [0.29, 0.717) is 17.8 Å². The molecule has 0 unspecified atom stereocenters. The molecule has 96 valence electrons. The van der Waals surface area contributed by atoms with Crippen molar-refractivity contribution in [2.24, 2.45) is 0 Å². The molecule has 0 aliphatic rings. The summed E-state index contributed by atoms with van der Waals surface area (Å²) in [6.45, 7) is 4.58. The van der Waals surface area contributed by atoms with Crippen LogP contribution in [0.25, 0.3) is 0 Å². The van der Waals surface area contributed by atoms with E-state index in [1.165, 1.54) is 0 Å². The second-order valence-corrected chi connectivity index (χ2v) is 4.52. The molecule has 2 rings (SSSR count). The topological polar surface area (TPSA) is 45.8 Å². The molecule has 0 radical (unpaired) electrons. The summed E-state index contributed by atoms with van der Waals surface area (Å²) in [6, 6.07) is 11.7. The lowest BCUT2D eigenvalue weighted by molar-refractivity contribution is 0.111. The summed E-state index contributed by atoms with van der Waals surface area (Å²) in [5.74, 6) is 0. The molecule has 0 aliphatic heterocycles. The minimum Gasteiger partial charge on any atom is -0.338 e. The smallest absolute Gasteiger partial charge is 0.166 e. The summed E-state index contributed by atoms with van der Waals surface area (Å²) in [4.78, 5) is 11.3. The number of carbonyl (C=O) groups is 1. The minimum absolute atomic E-state index is 0.559. The monoisotopic (exact) mass is 252 g/mol. The summed E-state index contributed by atoms with van der Waals surface area (Å²) in [5, 5.41) is 9.11. The molecule has 0 bridgehead atoms. The van der Waals surface area contributed by atoms with Crippen molar-refractivity contribution in [2.75, 3.05) is 0 Å². The lowest BCUT2D eigenvalue weighted by Crippen LogP contribution is -2.07. The number of aromatic nitrogens is 1. The van der Waals surface area contributed by atoms with Crippen molar-refractivity contribution >= 4 is 6.29 Å². The lowest BCUT2D eigenvalue weighted by atomic mass is 10.1. The van der Waals surface area contributed by atoms with Crippen LogP contribution in [0.3, 0.4) is 0 Å². The van der Waals surface area contributed by atoms with Crippen LogP contribution in [0, 0.1) is 18.3 Å². The molecule has 3 heteroatoms. The third-order valence-electron chi connectivity index (χ3n) is 3.39. The number of carbonyl (C=O) groups excluding carboxylic acids is 1. The number of rotatable bonds is 4. The van der Waals surface area contributed by atoms with Crippen molar-refractivity contribution in [3.05, 3.63) is 58.4 Å². The quantitative estimate of drug-likeness (QED) is 0.785. The SMILES string of the molecule is CCc1cc(C)n(Cc2ccccc2C#N)c1C=O. The van der Waals surface area contributed by atoms with Crippen LogP contribution >= 0.6 is 0 Å². The Morgan fingerprint density at radius 3 is 2.68 bits per heavy atom.